The van der Waals surface area contributed by atoms with Gasteiger partial charge in [-0.1, -0.05) is 35.9 Å². The summed E-state index contributed by atoms with van der Waals surface area (Å²) in [7, 11) is 2.14. The van der Waals surface area contributed by atoms with Crippen molar-refractivity contribution in [2.24, 2.45) is 0 Å². The third-order valence-corrected chi connectivity index (χ3v) is 6.26. The zero-order valence-electron chi connectivity index (χ0n) is 19.5. The van der Waals surface area contributed by atoms with E-state index in [-0.39, 0.29) is 11.8 Å². The first kappa shape index (κ1) is 24.0. The van der Waals surface area contributed by atoms with Crippen LogP contribution in [0.4, 0.5) is 11.4 Å². The fraction of sp³-hybridized carbons (Fsp3) is 0.259. The summed E-state index contributed by atoms with van der Waals surface area (Å²) in [6, 6.07) is 20.0. The van der Waals surface area contributed by atoms with Gasteiger partial charge in [0.25, 0.3) is 11.8 Å². The molecule has 0 aromatic heterocycles. The summed E-state index contributed by atoms with van der Waals surface area (Å²) in [5.74, 6) is -0.443. The van der Waals surface area contributed by atoms with Crippen LogP contribution in [0.5, 0.6) is 0 Å². The molecule has 1 aliphatic heterocycles. The number of carbonyl (C=O) groups excluding carboxylic acids is 2. The van der Waals surface area contributed by atoms with Crippen LogP contribution in [0, 0.1) is 6.92 Å². The van der Waals surface area contributed by atoms with E-state index in [0.717, 1.165) is 43.9 Å². The van der Waals surface area contributed by atoms with Crippen LogP contribution in [-0.4, -0.2) is 54.8 Å². The molecule has 4 rings (SSSR count). The van der Waals surface area contributed by atoms with Gasteiger partial charge in [-0.3, -0.25) is 14.5 Å². The number of nitrogens with zero attached hydrogens (tertiary/aromatic N) is 2. The second kappa shape index (κ2) is 10.8. The van der Waals surface area contributed by atoms with Crippen molar-refractivity contribution in [2.45, 2.75) is 13.5 Å². The van der Waals surface area contributed by atoms with Crippen molar-refractivity contribution >= 4 is 34.8 Å². The fourth-order valence-electron chi connectivity index (χ4n) is 3.94. The molecule has 3 aromatic rings. The van der Waals surface area contributed by atoms with Crippen molar-refractivity contribution in [1.29, 1.82) is 0 Å². The van der Waals surface area contributed by atoms with Crippen molar-refractivity contribution in [1.82, 2.24) is 9.80 Å². The number of piperazine rings is 1. The van der Waals surface area contributed by atoms with E-state index >= 15 is 0 Å². The van der Waals surface area contributed by atoms with E-state index in [1.54, 1.807) is 30.3 Å². The number of rotatable bonds is 6. The molecule has 0 atom stereocenters. The number of aryl methyl sites for hydroxylation is 1. The van der Waals surface area contributed by atoms with E-state index in [1.165, 1.54) is 0 Å². The standard InChI is InChI=1S/C27H29ClN4O2/c1-19-9-10-24(29-26(33)22-7-4-8-23(28)16-22)17-25(19)30-27(34)21-6-3-5-20(15-21)18-32-13-11-31(2)12-14-32/h3-10,15-17H,11-14,18H2,1-2H3,(H,29,33)(H,30,34). The molecule has 1 aliphatic rings. The molecule has 0 saturated carbocycles. The van der Waals surface area contributed by atoms with E-state index in [1.807, 2.05) is 37.3 Å². The molecule has 7 heteroatoms. The minimum Gasteiger partial charge on any atom is -0.322 e. The molecule has 3 aromatic carbocycles. The van der Waals surface area contributed by atoms with Gasteiger partial charge in [-0.25, -0.2) is 0 Å². The molecule has 0 unspecified atom stereocenters. The Labute approximate surface area is 205 Å². The largest absolute Gasteiger partial charge is 0.322 e. The predicted molar refractivity (Wildman–Crippen MR) is 138 cm³/mol. The summed E-state index contributed by atoms with van der Waals surface area (Å²) >= 11 is 5.99. The van der Waals surface area contributed by atoms with Crippen molar-refractivity contribution in [2.75, 3.05) is 43.9 Å². The summed E-state index contributed by atoms with van der Waals surface area (Å²) in [6.07, 6.45) is 0. The van der Waals surface area contributed by atoms with Crippen LogP contribution < -0.4 is 10.6 Å². The summed E-state index contributed by atoms with van der Waals surface area (Å²) in [4.78, 5) is 30.3. The topological polar surface area (TPSA) is 64.7 Å². The number of benzene rings is 3. The highest BCUT2D eigenvalue weighted by atomic mass is 35.5. The van der Waals surface area contributed by atoms with Gasteiger partial charge in [0.1, 0.15) is 0 Å². The van der Waals surface area contributed by atoms with Crippen molar-refractivity contribution in [3.05, 3.63) is 94.0 Å². The lowest BCUT2D eigenvalue weighted by Gasteiger charge is -2.32. The van der Waals surface area contributed by atoms with Crippen LogP contribution >= 0.6 is 11.6 Å². The minimum atomic E-state index is -0.264. The molecule has 176 valence electrons. The first-order valence-corrected chi connectivity index (χ1v) is 11.7. The second-order valence-corrected chi connectivity index (χ2v) is 9.16. The molecule has 2 N–H and O–H groups in total. The molecule has 2 amide bonds. The van der Waals surface area contributed by atoms with E-state index in [9.17, 15) is 9.59 Å². The van der Waals surface area contributed by atoms with Crippen LogP contribution in [0.25, 0.3) is 0 Å². The van der Waals surface area contributed by atoms with Gasteiger partial charge in [0.05, 0.1) is 0 Å². The minimum absolute atomic E-state index is 0.179. The SMILES string of the molecule is Cc1ccc(NC(=O)c2cccc(Cl)c2)cc1NC(=O)c1cccc(CN2CCN(C)CC2)c1. The number of halogens is 1. The number of amides is 2. The van der Waals surface area contributed by atoms with Crippen LogP contribution in [0.2, 0.25) is 5.02 Å². The number of carbonyl (C=O) groups is 2. The van der Waals surface area contributed by atoms with Crippen LogP contribution in [-0.2, 0) is 6.54 Å². The van der Waals surface area contributed by atoms with E-state index in [0.29, 0.717) is 27.5 Å². The first-order valence-electron chi connectivity index (χ1n) is 11.4. The van der Waals surface area contributed by atoms with Crippen LogP contribution in [0.3, 0.4) is 0 Å². The fourth-order valence-corrected chi connectivity index (χ4v) is 4.13. The quantitative estimate of drug-likeness (QED) is 0.531. The van der Waals surface area contributed by atoms with E-state index in [4.69, 9.17) is 11.6 Å². The lowest BCUT2D eigenvalue weighted by atomic mass is 10.1. The average Bonchev–Trinajstić information content (AvgIpc) is 2.83. The summed E-state index contributed by atoms with van der Waals surface area (Å²) in [5.41, 5.74) is 4.35. The lowest BCUT2D eigenvalue weighted by molar-refractivity contribution is 0.101. The van der Waals surface area contributed by atoms with Gasteiger partial charge in [0.15, 0.2) is 0 Å². The summed E-state index contributed by atoms with van der Waals surface area (Å²) < 4.78 is 0. The molecule has 1 fully saturated rings. The van der Waals surface area contributed by atoms with Crippen molar-refractivity contribution in [3.63, 3.8) is 0 Å². The monoisotopic (exact) mass is 476 g/mol. The summed E-state index contributed by atoms with van der Waals surface area (Å²) in [6.45, 7) is 6.92. The van der Waals surface area contributed by atoms with Gasteiger partial charge in [0.2, 0.25) is 0 Å². The molecule has 0 radical (unpaired) electrons. The van der Waals surface area contributed by atoms with Crippen molar-refractivity contribution < 1.29 is 9.59 Å². The Hall–Kier alpha value is -3.19. The average molecular weight is 477 g/mol. The second-order valence-electron chi connectivity index (χ2n) is 8.73. The molecule has 34 heavy (non-hydrogen) atoms. The van der Waals surface area contributed by atoms with Gasteiger partial charge < -0.3 is 15.5 Å². The van der Waals surface area contributed by atoms with Crippen LogP contribution in [0.1, 0.15) is 31.8 Å². The molecule has 1 saturated heterocycles. The van der Waals surface area contributed by atoms with Gasteiger partial charge in [-0.2, -0.15) is 0 Å². The third kappa shape index (κ3) is 6.23. The van der Waals surface area contributed by atoms with E-state index < -0.39 is 0 Å². The highest BCUT2D eigenvalue weighted by Crippen LogP contribution is 2.22. The Morgan fingerprint density at radius 3 is 2.26 bits per heavy atom. The summed E-state index contributed by atoms with van der Waals surface area (Å²) in [5, 5.41) is 6.36. The smallest absolute Gasteiger partial charge is 0.255 e. The zero-order valence-corrected chi connectivity index (χ0v) is 20.2. The van der Waals surface area contributed by atoms with Crippen LogP contribution in [0.15, 0.2) is 66.7 Å². The predicted octanol–water partition coefficient (Wildman–Crippen LogP) is 4.90. The molecular formula is C27H29ClN4O2. The Morgan fingerprint density at radius 1 is 0.853 bits per heavy atom. The molecular weight excluding hydrogens is 448 g/mol. The first-order chi connectivity index (χ1) is 16.4. The number of hydrogen-bond donors (Lipinski definition) is 2. The highest BCUT2D eigenvalue weighted by Gasteiger charge is 2.15. The molecule has 6 nitrogen and oxygen atoms in total. The van der Waals surface area contributed by atoms with Crippen molar-refractivity contribution in [3.8, 4) is 0 Å². The van der Waals surface area contributed by atoms with Gasteiger partial charge in [-0.05, 0) is 67.6 Å². The number of nitrogens with one attached hydrogen (secondary N) is 2. The Morgan fingerprint density at radius 2 is 1.53 bits per heavy atom. The molecule has 0 spiro atoms. The number of anilines is 2. The Kier molecular flexibility index (Phi) is 7.63. The maximum atomic E-state index is 13.0. The highest BCUT2D eigenvalue weighted by molar-refractivity contribution is 6.31. The van der Waals surface area contributed by atoms with E-state index in [2.05, 4.69) is 33.5 Å². The molecule has 0 aliphatic carbocycles. The molecule has 0 bridgehead atoms. The zero-order chi connectivity index (χ0) is 24.1. The molecule has 1 heterocycles. The Balaban J connectivity index is 1.43. The van der Waals surface area contributed by atoms with Gasteiger partial charge >= 0.3 is 0 Å². The van der Waals surface area contributed by atoms with Gasteiger partial charge in [-0.15, -0.1) is 0 Å². The maximum Gasteiger partial charge on any atom is 0.255 e. The Bertz CT molecular complexity index is 1190. The third-order valence-electron chi connectivity index (χ3n) is 6.02. The number of hydrogen-bond acceptors (Lipinski definition) is 4. The van der Waals surface area contributed by atoms with Gasteiger partial charge in [0, 0.05) is 60.2 Å². The normalized spacial score (nSPS) is 14.6. The lowest BCUT2D eigenvalue weighted by Crippen LogP contribution is -2.43. The number of likely N-dealkylation sites (N-methyl/N-ethyl adjacent to an activating group) is 1. The maximum absolute atomic E-state index is 13.0.